The molecule has 3 aromatic carbocycles. The maximum atomic E-state index is 11.3. The van der Waals surface area contributed by atoms with Crippen LogP contribution in [-0.4, -0.2) is 38.9 Å². The summed E-state index contributed by atoms with van der Waals surface area (Å²) in [7, 11) is -13.3. The fourth-order valence-corrected chi connectivity index (χ4v) is 4.32. The monoisotopic (exact) mass is 483 g/mol. The third kappa shape index (κ3) is 5.36. The second-order valence-electron chi connectivity index (χ2n) is 6.37. The van der Waals surface area contributed by atoms with Gasteiger partial charge in [-0.05, 0) is 53.1 Å². The lowest BCUT2D eigenvalue weighted by Crippen LogP contribution is -2.07. The average Bonchev–Trinajstić information content (AvgIpc) is 2.67. The highest BCUT2D eigenvalue weighted by atomic mass is 32.2. The normalized spacial score (nSPS) is 12.8. The van der Waals surface area contributed by atoms with Crippen LogP contribution in [0.2, 0.25) is 0 Å². The summed E-state index contributed by atoms with van der Waals surface area (Å²) in [4.78, 5) is -1.00. The van der Waals surface area contributed by atoms with Gasteiger partial charge in [0.1, 0.15) is 0 Å². The van der Waals surface area contributed by atoms with E-state index >= 15 is 0 Å². The molecule has 3 rings (SSSR count). The number of hydrogen-bond acceptors (Lipinski definition) is 6. The fraction of sp³-hybridized carbons (Fsp3) is 0. The highest BCUT2D eigenvalue weighted by Gasteiger charge is 2.21. The quantitative estimate of drug-likeness (QED) is 0.353. The third-order valence-electron chi connectivity index (χ3n) is 4.32. The minimum absolute atomic E-state index is 0.334. The molecule has 9 nitrogen and oxygen atoms in total. The minimum Gasteiger partial charge on any atom is -0.282 e. The van der Waals surface area contributed by atoms with Gasteiger partial charge in [-0.25, -0.2) is 0 Å². The summed E-state index contributed by atoms with van der Waals surface area (Å²) >= 11 is 0. The topological polar surface area (TPSA) is 163 Å². The van der Waals surface area contributed by atoms with Crippen molar-refractivity contribution in [2.45, 2.75) is 14.7 Å². The third-order valence-corrected chi connectivity index (χ3v) is 6.93. The minimum atomic E-state index is -4.42. The SMILES string of the molecule is O=S(=O)(O)c1ccc([C](c2ccc(S(=O)(=O)O)cc2)c2ccc(S(=O)(=O)O)cc2)cc1. The van der Waals surface area contributed by atoms with E-state index in [4.69, 9.17) is 0 Å². The Balaban J connectivity index is 2.14. The molecular formula is C19H15O9S3. The zero-order valence-electron chi connectivity index (χ0n) is 15.4. The standard InChI is InChI=1S/C19H15O9S3/c20-29(21,22)16-7-1-13(2-8-16)19(14-3-9-17(10-4-14)30(23,24)25)15-5-11-18(12-6-15)31(26,27)28/h1-12H,(H,20,21,22)(H,23,24,25)(H,26,27,28). The van der Waals surface area contributed by atoms with E-state index in [1.807, 2.05) is 0 Å². The lowest BCUT2D eigenvalue weighted by Gasteiger charge is -2.19. The van der Waals surface area contributed by atoms with Crippen LogP contribution in [0, 0.1) is 5.92 Å². The molecule has 0 aliphatic heterocycles. The van der Waals surface area contributed by atoms with E-state index in [2.05, 4.69) is 0 Å². The van der Waals surface area contributed by atoms with Gasteiger partial charge in [0.05, 0.1) is 20.6 Å². The van der Waals surface area contributed by atoms with E-state index in [0.29, 0.717) is 22.6 Å². The lowest BCUT2D eigenvalue weighted by molar-refractivity contribution is 0.481. The zero-order valence-corrected chi connectivity index (χ0v) is 17.9. The molecule has 0 spiro atoms. The molecule has 0 saturated heterocycles. The Morgan fingerprint density at radius 2 is 0.613 bits per heavy atom. The molecule has 31 heavy (non-hydrogen) atoms. The predicted octanol–water partition coefficient (Wildman–Crippen LogP) is 2.45. The molecule has 0 bridgehead atoms. The summed E-state index contributed by atoms with van der Waals surface area (Å²) in [5, 5.41) is 0. The summed E-state index contributed by atoms with van der Waals surface area (Å²) in [6.07, 6.45) is 0. The number of benzene rings is 3. The van der Waals surface area contributed by atoms with Gasteiger partial charge in [0, 0.05) is 0 Å². The van der Waals surface area contributed by atoms with Crippen molar-refractivity contribution in [1.29, 1.82) is 0 Å². The smallest absolute Gasteiger partial charge is 0.282 e. The van der Waals surface area contributed by atoms with Gasteiger partial charge < -0.3 is 0 Å². The molecule has 0 aromatic heterocycles. The molecule has 1 radical (unpaired) electrons. The van der Waals surface area contributed by atoms with Gasteiger partial charge >= 0.3 is 0 Å². The zero-order chi connectivity index (χ0) is 23.0. The van der Waals surface area contributed by atoms with E-state index in [1.165, 1.54) is 72.8 Å². The van der Waals surface area contributed by atoms with Crippen molar-refractivity contribution in [3.05, 3.63) is 95.4 Å². The molecule has 0 fully saturated rings. The van der Waals surface area contributed by atoms with Gasteiger partial charge in [0.25, 0.3) is 30.4 Å². The van der Waals surface area contributed by atoms with Crippen molar-refractivity contribution in [2.24, 2.45) is 0 Å². The van der Waals surface area contributed by atoms with Crippen molar-refractivity contribution in [1.82, 2.24) is 0 Å². The lowest BCUT2D eigenvalue weighted by atomic mass is 9.85. The summed E-state index contributed by atoms with van der Waals surface area (Å²) in [5.74, 6) is 0.464. The second-order valence-corrected chi connectivity index (χ2v) is 10.6. The van der Waals surface area contributed by atoms with Gasteiger partial charge in [-0.1, -0.05) is 36.4 Å². The van der Waals surface area contributed by atoms with Crippen LogP contribution in [0.15, 0.2) is 87.5 Å². The van der Waals surface area contributed by atoms with E-state index in [1.54, 1.807) is 0 Å². The van der Waals surface area contributed by atoms with E-state index in [-0.39, 0.29) is 14.7 Å². The van der Waals surface area contributed by atoms with Crippen molar-refractivity contribution >= 4 is 30.4 Å². The van der Waals surface area contributed by atoms with Crippen molar-refractivity contribution in [3.63, 3.8) is 0 Å². The first-order valence-corrected chi connectivity index (χ1v) is 12.7. The Morgan fingerprint density at radius 1 is 0.419 bits per heavy atom. The first-order valence-electron chi connectivity index (χ1n) is 8.37. The highest BCUT2D eigenvalue weighted by Crippen LogP contribution is 2.32. The molecule has 0 amide bonds. The van der Waals surface area contributed by atoms with Crippen LogP contribution in [0.5, 0.6) is 0 Å². The van der Waals surface area contributed by atoms with Crippen LogP contribution in [0.4, 0.5) is 0 Å². The Morgan fingerprint density at radius 3 is 0.774 bits per heavy atom. The summed E-state index contributed by atoms with van der Waals surface area (Å²) in [6.45, 7) is 0. The van der Waals surface area contributed by atoms with Crippen molar-refractivity contribution in [3.8, 4) is 0 Å². The van der Waals surface area contributed by atoms with Gasteiger partial charge in [-0.15, -0.1) is 0 Å². The van der Waals surface area contributed by atoms with Crippen molar-refractivity contribution < 1.29 is 38.9 Å². The summed E-state index contributed by atoms with van der Waals surface area (Å²) < 4.78 is 95.3. The summed E-state index contributed by atoms with van der Waals surface area (Å²) in [5.41, 5.74) is 1.39. The Kier molecular flexibility index (Phi) is 6.06. The van der Waals surface area contributed by atoms with Gasteiger partial charge in [-0.2, -0.15) is 25.3 Å². The Hall–Kier alpha value is -2.61. The number of rotatable bonds is 6. The molecule has 0 aliphatic carbocycles. The van der Waals surface area contributed by atoms with Gasteiger partial charge in [0.2, 0.25) is 0 Å². The maximum Gasteiger partial charge on any atom is 0.294 e. The molecule has 0 atom stereocenters. The largest absolute Gasteiger partial charge is 0.294 e. The molecule has 3 N–H and O–H groups in total. The predicted molar refractivity (Wildman–Crippen MR) is 109 cm³/mol. The fourth-order valence-electron chi connectivity index (χ4n) is 2.88. The van der Waals surface area contributed by atoms with Crippen LogP contribution in [0.25, 0.3) is 0 Å². The molecular weight excluding hydrogens is 468 g/mol. The Bertz CT molecular complexity index is 1230. The van der Waals surface area contributed by atoms with E-state index in [9.17, 15) is 38.9 Å². The Labute approximate surface area is 179 Å². The first-order chi connectivity index (χ1) is 14.3. The average molecular weight is 484 g/mol. The van der Waals surface area contributed by atoms with Crippen LogP contribution in [0.1, 0.15) is 16.7 Å². The van der Waals surface area contributed by atoms with Crippen LogP contribution < -0.4 is 0 Å². The molecule has 12 heteroatoms. The molecule has 0 heterocycles. The van der Waals surface area contributed by atoms with E-state index < -0.39 is 30.4 Å². The van der Waals surface area contributed by atoms with Crippen molar-refractivity contribution in [2.75, 3.05) is 0 Å². The summed E-state index contributed by atoms with van der Waals surface area (Å²) in [6, 6.07) is 15.5. The first kappa shape index (κ1) is 23.1. The van der Waals surface area contributed by atoms with Crippen LogP contribution in [-0.2, 0) is 30.4 Å². The number of hydrogen-bond donors (Lipinski definition) is 3. The van der Waals surface area contributed by atoms with Crippen LogP contribution in [0.3, 0.4) is 0 Å². The molecule has 0 saturated carbocycles. The van der Waals surface area contributed by atoms with Gasteiger partial charge in [-0.3, -0.25) is 13.7 Å². The van der Waals surface area contributed by atoms with Crippen LogP contribution >= 0.6 is 0 Å². The molecule has 0 aliphatic rings. The van der Waals surface area contributed by atoms with Gasteiger partial charge in [0.15, 0.2) is 0 Å². The molecule has 3 aromatic rings. The highest BCUT2D eigenvalue weighted by molar-refractivity contribution is 7.86. The second kappa shape index (κ2) is 8.15. The molecule has 0 unspecified atom stereocenters. The van der Waals surface area contributed by atoms with E-state index in [0.717, 1.165) is 0 Å². The maximum absolute atomic E-state index is 11.3. The molecule has 163 valence electrons.